The van der Waals surface area contributed by atoms with Gasteiger partial charge in [0.05, 0.1) is 16.8 Å². The molecule has 2 aromatic rings. The molecule has 0 radical (unpaired) electrons. The van der Waals surface area contributed by atoms with Crippen molar-refractivity contribution in [1.82, 2.24) is 0 Å². The van der Waals surface area contributed by atoms with Crippen LogP contribution in [0.2, 0.25) is 0 Å². The van der Waals surface area contributed by atoms with Crippen LogP contribution in [0, 0.1) is 10.5 Å². The van der Waals surface area contributed by atoms with E-state index in [4.69, 9.17) is 9.52 Å². The molecule has 5 nitrogen and oxygen atoms in total. The smallest absolute Gasteiger partial charge is 0.337 e. The first kappa shape index (κ1) is 13.6. The van der Waals surface area contributed by atoms with Crippen LogP contribution >= 0.6 is 22.6 Å². The lowest BCUT2D eigenvalue weighted by Crippen LogP contribution is -2.14. The predicted octanol–water partition coefficient (Wildman–Crippen LogP) is 3.14. The number of benzene rings is 1. The zero-order valence-corrected chi connectivity index (χ0v) is 12.1. The van der Waals surface area contributed by atoms with E-state index >= 15 is 0 Å². The van der Waals surface area contributed by atoms with Crippen LogP contribution in [0.3, 0.4) is 0 Å². The second kappa shape index (κ2) is 5.43. The van der Waals surface area contributed by atoms with Gasteiger partial charge in [-0.1, -0.05) is 0 Å². The van der Waals surface area contributed by atoms with E-state index in [1.165, 1.54) is 12.3 Å². The molecule has 1 aromatic carbocycles. The highest BCUT2D eigenvalue weighted by molar-refractivity contribution is 14.1. The van der Waals surface area contributed by atoms with E-state index in [1.54, 1.807) is 25.1 Å². The summed E-state index contributed by atoms with van der Waals surface area (Å²) in [6.07, 6.45) is 1.33. The third-order valence-corrected chi connectivity index (χ3v) is 3.12. The number of furan rings is 1. The van der Waals surface area contributed by atoms with Crippen LogP contribution in [0.5, 0.6) is 0 Å². The number of carboxylic acid groups (broad SMARTS) is 1. The first-order valence-electron chi connectivity index (χ1n) is 5.36. The summed E-state index contributed by atoms with van der Waals surface area (Å²) in [4.78, 5) is 23.0. The van der Waals surface area contributed by atoms with Gasteiger partial charge in [0.1, 0.15) is 12.0 Å². The average molecular weight is 371 g/mol. The molecule has 98 valence electrons. The Kier molecular flexibility index (Phi) is 3.89. The molecule has 0 unspecified atom stereocenters. The maximum Gasteiger partial charge on any atom is 0.337 e. The number of anilines is 1. The molecule has 0 spiro atoms. The highest BCUT2D eigenvalue weighted by atomic mass is 127. The van der Waals surface area contributed by atoms with Crippen LogP contribution in [0.4, 0.5) is 5.69 Å². The fourth-order valence-electron chi connectivity index (χ4n) is 1.56. The highest BCUT2D eigenvalue weighted by Crippen LogP contribution is 2.20. The molecule has 0 aliphatic heterocycles. The van der Waals surface area contributed by atoms with Gasteiger partial charge in [0.15, 0.2) is 0 Å². The maximum atomic E-state index is 11.9. The summed E-state index contributed by atoms with van der Waals surface area (Å²) in [5.74, 6) is -0.871. The van der Waals surface area contributed by atoms with E-state index in [9.17, 15) is 9.59 Å². The lowest BCUT2D eigenvalue weighted by Gasteiger charge is -2.07. The minimum Gasteiger partial charge on any atom is -0.478 e. The number of halogens is 1. The zero-order chi connectivity index (χ0) is 14.0. The summed E-state index contributed by atoms with van der Waals surface area (Å²) in [6, 6.07) is 6.38. The number of carbonyl (C=O) groups is 2. The van der Waals surface area contributed by atoms with Gasteiger partial charge in [0, 0.05) is 3.57 Å². The number of carbonyl (C=O) groups excluding carboxylic acids is 1. The molecule has 0 aliphatic carbocycles. The SMILES string of the molecule is Cc1cc(C(=O)Nc2ccc(I)cc2C(=O)O)co1. The Morgan fingerprint density at radius 1 is 1.32 bits per heavy atom. The molecule has 6 heteroatoms. The number of aryl methyl sites for hydroxylation is 1. The van der Waals surface area contributed by atoms with Crippen LogP contribution in [-0.4, -0.2) is 17.0 Å². The second-order valence-corrected chi connectivity index (χ2v) is 5.14. The Bertz CT molecular complexity index is 648. The third kappa shape index (κ3) is 3.14. The fraction of sp³-hybridized carbons (Fsp3) is 0.0769. The lowest BCUT2D eigenvalue weighted by atomic mass is 10.1. The Morgan fingerprint density at radius 3 is 2.63 bits per heavy atom. The molecule has 2 rings (SSSR count). The predicted molar refractivity (Wildman–Crippen MR) is 77.5 cm³/mol. The van der Waals surface area contributed by atoms with Crippen molar-refractivity contribution in [3.8, 4) is 0 Å². The van der Waals surface area contributed by atoms with Gasteiger partial charge in [0.25, 0.3) is 5.91 Å². The van der Waals surface area contributed by atoms with Gasteiger partial charge in [-0.3, -0.25) is 4.79 Å². The molecular formula is C13H10INO4. The number of rotatable bonds is 3. The molecule has 1 aromatic heterocycles. The van der Waals surface area contributed by atoms with Gasteiger partial charge in [-0.2, -0.15) is 0 Å². The summed E-state index contributed by atoms with van der Waals surface area (Å²) >= 11 is 2.01. The molecule has 2 N–H and O–H groups in total. The number of hydrogen-bond acceptors (Lipinski definition) is 3. The van der Waals surface area contributed by atoms with Gasteiger partial charge in [0.2, 0.25) is 0 Å². The van der Waals surface area contributed by atoms with Crippen molar-refractivity contribution >= 4 is 40.2 Å². The van der Waals surface area contributed by atoms with Crippen LogP contribution in [-0.2, 0) is 0 Å². The first-order chi connectivity index (χ1) is 8.97. The van der Waals surface area contributed by atoms with Gasteiger partial charge < -0.3 is 14.8 Å². The van der Waals surface area contributed by atoms with Gasteiger partial charge in [-0.15, -0.1) is 0 Å². The first-order valence-corrected chi connectivity index (χ1v) is 6.44. The standard InChI is InChI=1S/C13H10INO4/c1-7-4-8(6-19-7)12(16)15-11-3-2-9(14)5-10(11)13(17)18/h2-6H,1H3,(H,15,16)(H,17,18). The van der Waals surface area contributed by atoms with E-state index in [1.807, 2.05) is 22.6 Å². The fourth-order valence-corrected chi connectivity index (χ4v) is 2.05. The summed E-state index contributed by atoms with van der Waals surface area (Å²) in [6.45, 7) is 1.73. The summed E-state index contributed by atoms with van der Waals surface area (Å²) in [7, 11) is 0. The molecule has 0 aliphatic rings. The Labute approximate surface area is 122 Å². The van der Waals surface area contributed by atoms with Crippen LogP contribution in [0.1, 0.15) is 26.5 Å². The van der Waals surface area contributed by atoms with Crippen LogP contribution in [0.15, 0.2) is 34.9 Å². The van der Waals surface area contributed by atoms with Crippen molar-refractivity contribution in [2.45, 2.75) is 6.92 Å². The van der Waals surface area contributed by atoms with Crippen molar-refractivity contribution in [2.75, 3.05) is 5.32 Å². The number of aromatic carboxylic acids is 1. The van der Waals surface area contributed by atoms with Crippen molar-refractivity contribution in [1.29, 1.82) is 0 Å². The third-order valence-electron chi connectivity index (χ3n) is 2.45. The minimum atomic E-state index is -1.09. The van der Waals surface area contributed by atoms with Crippen molar-refractivity contribution < 1.29 is 19.1 Å². The molecule has 0 saturated heterocycles. The number of carboxylic acids is 1. The van der Waals surface area contributed by atoms with Gasteiger partial charge >= 0.3 is 5.97 Å². The van der Waals surface area contributed by atoms with Crippen molar-refractivity contribution in [2.24, 2.45) is 0 Å². The van der Waals surface area contributed by atoms with E-state index < -0.39 is 11.9 Å². The molecule has 0 atom stereocenters. The second-order valence-electron chi connectivity index (χ2n) is 3.90. The van der Waals surface area contributed by atoms with E-state index in [2.05, 4.69) is 5.32 Å². The monoisotopic (exact) mass is 371 g/mol. The minimum absolute atomic E-state index is 0.0560. The molecule has 0 fully saturated rings. The molecule has 1 heterocycles. The molecule has 0 bridgehead atoms. The van der Waals surface area contributed by atoms with Gasteiger partial charge in [-0.05, 0) is 53.8 Å². The Hall–Kier alpha value is -1.83. The van der Waals surface area contributed by atoms with E-state index in [-0.39, 0.29) is 11.3 Å². The van der Waals surface area contributed by atoms with Crippen LogP contribution in [0.25, 0.3) is 0 Å². The highest BCUT2D eigenvalue weighted by Gasteiger charge is 2.15. The van der Waals surface area contributed by atoms with Crippen LogP contribution < -0.4 is 5.32 Å². The topological polar surface area (TPSA) is 79.5 Å². The summed E-state index contributed by atoms with van der Waals surface area (Å²) in [5, 5.41) is 11.7. The summed E-state index contributed by atoms with van der Waals surface area (Å²) in [5.41, 5.74) is 0.671. The number of amides is 1. The summed E-state index contributed by atoms with van der Waals surface area (Å²) < 4.78 is 5.83. The average Bonchev–Trinajstić information content (AvgIpc) is 2.78. The quantitative estimate of drug-likeness (QED) is 0.813. The number of hydrogen-bond donors (Lipinski definition) is 2. The molecular weight excluding hydrogens is 361 g/mol. The number of nitrogens with one attached hydrogen (secondary N) is 1. The van der Waals surface area contributed by atoms with Crippen molar-refractivity contribution in [3.63, 3.8) is 0 Å². The molecule has 0 saturated carbocycles. The van der Waals surface area contributed by atoms with E-state index in [0.717, 1.165) is 3.57 Å². The zero-order valence-electron chi connectivity index (χ0n) is 9.94. The lowest BCUT2D eigenvalue weighted by molar-refractivity contribution is 0.0698. The van der Waals surface area contributed by atoms with Crippen molar-refractivity contribution in [3.05, 3.63) is 51.0 Å². The Balaban J connectivity index is 2.28. The molecule has 1 amide bonds. The molecule has 19 heavy (non-hydrogen) atoms. The normalized spacial score (nSPS) is 10.2. The largest absolute Gasteiger partial charge is 0.478 e. The maximum absolute atomic E-state index is 11.9. The van der Waals surface area contributed by atoms with Gasteiger partial charge in [-0.25, -0.2) is 4.79 Å². The Morgan fingerprint density at radius 2 is 2.05 bits per heavy atom. The van der Waals surface area contributed by atoms with E-state index in [0.29, 0.717) is 11.3 Å².